The van der Waals surface area contributed by atoms with Crippen LogP contribution < -0.4 is 10.6 Å². The van der Waals surface area contributed by atoms with Crippen molar-refractivity contribution in [2.45, 2.75) is 18.0 Å². The smallest absolute Gasteiger partial charge is 0.237 e. The Balaban J connectivity index is 1.87. The molecule has 0 unspecified atom stereocenters. The molecular weight excluding hydrogens is 268 g/mol. The van der Waals surface area contributed by atoms with Crippen LogP contribution in [0.4, 0.5) is 5.69 Å². The fraction of sp³-hybridized carbons (Fsp3) is 0.188. The molecule has 0 bridgehead atoms. The number of carbonyl (C=O) groups is 1. The standard InChI is InChI=1S/C16H16N2OS/c17-9-12-5-7-13(8-6-12)10-18-14-3-1-2-4-15(14)20-11-16(18)19/h1-8H,9-11,17H2. The van der Waals surface area contributed by atoms with E-state index in [4.69, 9.17) is 5.73 Å². The van der Waals surface area contributed by atoms with Gasteiger partial charge >= 0.3 is 0 Å². The van der Waals surface area contributed by atoms with Crippen LogP contribution in [0.25, 0.3) is 0 Å². The quantitative estimate of drug-likeness (QED) is 0.942. The number of benzene rings is 2. The summed E-state index contributed by atoms with van der Waals surface area (Å²) < 4.78 is 0. The van der Waals surface area contributed by atoms with E-state index in [0.717, 1.165) is 16.8 Å². The summed E-state index contributed by atoms with van der Waals surface area (Å²) >= 11 is 1.61. The fourth-order valence-corrected chi connectivity index (χ4v) is 3.23. The van der Waals surface area contributed by atoms with E-state index in [2.05, 4.69) is 6.07 Å². The Morgan fingerprint density at radius 2 is 1.75 bits per heavy atom. The first kappa shape index (κ1) is 13.2. The van der Waals surface area contributed by atoms with Gasteiger partial charge in [0.15, 0.2) is 0 Å². The van der Waals surface area contributed by atoms with Crippen LogP contribution in [0.3, 0.4) is 0 Å². The lowest BCUT2D eigenvalue weighted by atomic mass is 10.1. The Morgan fingerprint density at radius 3 is 2.50 bits per heavy atom. The van der Waals surface area contributed by atoms with Crippen molar-refractivity contribution in [3.8, 4) is 0 Å². The molecule has 1 heterocycles. The van der Waals surface area contributed by atoms with Crippen LogP contribution in [0.1, 0.15) is 11.1 Å². The third kappa shape index (κ3) is 2.57. The number of nitrogens with zero attached hydrogens (tertiary/aromatic N) is 1. The monoisotopic (exact) mass is 284 g/mol. The van der Waals surface area contributed by atoms with Gasteiger partial charge in [0.2, 0.25) is 5.91 Å². The van der Waals surface area contributed by atoms with Gasteiger partial charge in [0, 0.05) is 11.4 Å². The molecule has 3 rings (SSSR count). The lowest BCUT2D eigenvalue weighted by molar-refractivity contribution is -0.116. The van der Waals surface area contributed by atoms with Crippen molar-refractivity contribution in [1.82, 2.24) is 0 Å². The Kier molecular flexibility index (Phi) is 3.76. The minimum Gasteiger partial charge on any atom is -0.326 e. The Morgan fingerprint density at radius 1 is 1.05 bits per heavy atom. The minimum absolute atomic E-state index is 0.164. The lowest BCUT2D eigenvalue weighted by Crippen LogP contribution is -2.34. The molecule has 20 heavy (non-hydrogen) atoms. The number of hydrogen-bond acceptors (Lipinski definition) is 3. The highest BCUT2D eigenvalue weighted by molar-refractivity contribution is 8.00. The van der Waals surface area contributed by atoms with Gasteiger partial charge in [-0.2, -0.15) is 0 Å². The minimum atomic E-state index is 0.164. The number of hydrogen-bond donors (Lipinski definition) is 1. The van der Waals surface area contributed by atoms with Crippen molar-refractivity contribution in [1.29, 1.82) is 0 Å². The number of fused-ring (bicyclic) bond motifs is 1. The van der Waals surface area contributed by atoms with E-state index < -0.39 is 0 Å². The van der Waals surface area contributed by atoms with Crippen LogP contribution in [0.2, 0.25) is 0 Å². The van der Waals surface area contributed by atoms with Gasteiger partial charge in [0.25, 0.3) is 0 Å². The highest BCUT2D eigenvalue weighted by Gasteiger charge is 2.24. The number of para-hydroxylation sites is 1. The topological polar surface area (TPSA) is 46.3 Å². The molecule has 0 fully saturated rings. The molecule has 0 atom stereocenters. The van der Waals surface area contributed by atoms with E-state index in [1.54, 1.807) is 11.8 Å². The fourth-order valence-electron chi connectivity index (χ4n) is 2.29. The molecule has 0 radical (unpaired) electrons. The maximum atomic E-state index is 12.2. The van der Waals surface area contributed by atoms with Gasteiger partial charge < -0.3 is 10.6 Å². The maximum Gasteiger partial charge on any atom is 0.237 e. The van der Waals surface area contributed by atoms with Crippen molar-refractivity contribution >= 4 is 23.4 Å². The van der Waals surface area contributed by atoms with Crippen LogP contribution in [-0.4, -0.2) is 11.7 Å². The summed E-state index contributed by atoms with van der Waals surface area (Å²) in [6, 6.07) is 16.2. The molecule has 0 spiro atoms. The van der Waals surface area contributed by atoms with E-state index in [9.17, 15) is 4.79 Å². The molecule has 2 N–H and O–H groups in total. The summed E-state index contributed by atoms with van der Waals surface area (Å²) in [7, 11) is 0. The summed E-state index contributed by atoms with van der Waals surface area (Å²) in [5.41, 5.74) is 8.84. The van der Waals surface area contributed by atoms with Gasteiger partial charge in [0.05, 0.1) is 18.0 Å². The number of thioether (sulfide) groups is 1. The molecular formula is C16H16N2OS. The molecule has 0 aliphatic carbocycles. The third-order valence-electron chi connectivity index (χ3n) is 3.41. The average Bonchev–Trinajstić information content (AvgIpc) is 2.51. The molecule has 102 valence electrons. The molecule has 2 aromatic carbocycles. The zero-order valence-corrected chi connectivity index (χ0v) is 11.9. The van der Waals surface area contributed by atoms with E-state index in [-0.39, 0.29) is 5.91 Å². The van der Waals surface area contributed by atoms with Gasteiger partial charge in [0.1, 0.15) is 0 Å². The largest absolute Gasteiger partial charge is 0.326 e. The van der Waals surface area contributed by atoms with Crippen molar-refractivity contribution in [2.75, 3.05) is 10.7 Å². The van der Waals surface area contributed by atoms with Gasteiger partial charge in [-0.1, -0.05) is 36.4 Å². The zero-order chi connectivity index (χ0) is 13.9. The van der Waals surface area contributed by atoms with E-state index in [1.807, 2.05) is 47.4 Å². The van der Waals surface area contributed by atoms with Crippen LogP contribution >= 0.6 is 11.8 Å². The van der Waals surface area contributed by atoms with Crippen molar-refractivity contribution in [3.63, 3.8) is 0 Å². The molecule has 1 aliphatic rings. The second-order valence-electron chi connectivity index (χ2n) is 4.76. The molecule has 1 aliphatic heterocycles. The predicted octanol–water partition coefficient (Wildman–Crippen LogP) is 2.78. The predicted molar refractivity (Wildman–Crippen MR) is 82.7 cm³/mol. The number of rotatable bonds is 3. The normalized spacial score (nSPS) is 14.2. The SMILES string of the molecule is NCc1ccc(CN2C(=O)CSc3ccccc32)cc1. The van der Waals surface area contributed by atoms with Crippen LogP contribution in [0.5, 0.6) is 0 Å². The molecule has 4 heteroatoms. The molecule has 0 aromatic heterocycles. The first-order valence-corrected chi connectivity index (χ1v) is 7.56. The maximum absolute atomic E-state index is 12.2. The summed E-state index contributed by atoms with van der Waals surface area (Å²) in [5, 5.41) is 0. The molecule has 0 saturated heterocycles. The first-order valence-electron chi connectivity index (χ1n) is 6.58. The van der Waals surface area contributed by atoms with Crippen molar-refractivity contribution in [3.05, 3.63) is 59.7 Å². The van der Waals surface area contributed by atoms with E-state index in [0.29, 0.717) is 18.8 Å². The van der Waals surface area contributed by atoms with Gasteiger partial charge in [-0.3, -0.25) is 4.79 Å². The highest BCUT2D eigenvalue weighted by Crippen LogP contribution is 2.35. The van der Waals surface area contributed by atoms with Crippen molar-refractivity contribution < 1.29 is 4.79 Å². The van der Waals surface area contributed by atoms with E-state index in [1.165, 1.54) is 4.90 Å². The summed E-state index contributed by atoms with van der Waals surface area (Å²) in [5.74, 6) is 0.675. The Bertz CT molecular complexity index is 625. The second kappa shape index (κ2) is 5.69. The number of amides is 1. The number of nitrogens with two attached hydrogens (primary N) is 1. The van der Waals surface area contributed by atoms with Crippen LogP contribution in [0.15, 0.2) is 53.4 Å². The Labute approximate surface area is 122 Å². The Hall–Kier alpha value is -1.78. The summed E-state index contributed by atoms with van der Waals surface area (Å²) in [6.07, 6.45) is 0. The molecule has 3 nitrogen and oxygen atoms in total. The van der Waals surface area contributed by atoms with Gasteiger partial charge in [-0.25, -0.2) is 0 Å². The summed E-state index contributed by atoms with van der Waals surface area (Å²) in [6.45, 7) is 1.16. The third-order valence-corrected chi connectivity index (χ3v) is 4.46. The van der Waals surface area contributed by atoms with Crippen LogP contribution in [0, 0.1) is 0 Å². The highest BCUT2D eigenvalue weighted by atomic mass is 32.2. The van der Waals surface area contributed by atoms with Gasteiger partial charge in [-0.15, -0.1) is 11.8 Å². The second-order valence-corrected chi connectivity index (χ2v) is 5.77. The zero-order valence-electron chi connectivity index (χ0n) is 11.1. The first-order chi connectivity index (χ1) is 9.78. The lowest BCUT2D eigenvalue weighted by Gasteiger charge is -2.29. The van der Waals surface area contributed by atoms with Crippen LogP contribution in [-0.2, 0) is 17.9 Å². The molecule has 1 amide bonds. The van der Waals surface area contributed by atoms with E-state index >= 15 is 0 Å². The molecule has 0 saturated carbocycles. The average molecular weight is 284 g/mol. The number of carbonyl (C=O) groups excluding carboxylic acids is 1. The number of anilines is 1. The van der Waals surface area contributed by atoms with Gasteiger partial charge in [-0.05, 0) is 23.3 Å². The molecule has 2 aromatic rings. The summed E-state index contributed by atoms with van der Waals surface area (Å²) in [4.78, 5) is 15.2. The van der Waals surface area contributed by atoms with Crippen molar-refractivity contribution in [2.24, 2.45) is 5.73 Å².